The van der Waals surface area contributed by atoms with E-state index < -0.39 is 0 Å². The van der Waals surface area contributed by atoms with Gasteiger partial charge >= 0.3 is 0 Å². The molecule has 1 aromatic heterocycles. The lowest BCUT2D eigenvalue weighted by Gasteiger charge is -2.20. The number of hydrogen-bond donors (Lipinski definition) is 1. The first kappa shape index (κ1) is 20.7. The summed E-state index contributed by atoms with van der Waals surface area (Å²) in [6, 6.07) is 7.54. The summed E-state index contributed by atoms with van der Waals surface area (Å²) in [6.45, 7) is 7.19. The summed E-state index contributed by atoms with van der Waals surface area (Å²) >= 11 is 7.69. The van der Waals surface area contributed by atoms with Crippen LogP contribution in [0.2, 0.25) is 5.02 Å². The molecule has 8 heteroatoms. The highest BCUT2D eigenvalue weighted by atomic mass is 35.5. The van der Waals surface area contributed by atoms with Gasteiger partial charge in [0.1, 0.15) is 0 Å². The predicted molar refractivity (Wildman–Crippen MR) is 106 cm³/mol. The second-order valence-electron chi connectivity index (χ2n) is 6.87. The van der Waals surface area contributed by atoms with Crippen molar-refractivity contribution < 1.29 is 9.53 Å². The molecule has 6 nitrogen and oxygen atoms in total. The Kier molecular flexibility index (Phi) is 7.49. The second kappa shape index (κ2) is 9.39. The molecule has 1 amide bonds. The molecular formula is C18H25ClN4O2S. The van der Waals surface area contributed by atoms with Crippen LogP contribution in [0.5, 0.6) is 0 Å². The third-order valence-electron chi connectivity index (χ3n) is 3.41. The summed E-state index contributed by atoms with van der Waals surface area (Å²) < 4.78 is 7.15. The first-order chi connectivity index (χ1) is 12.3. The number of hydrogen-bond acceptors (Lipinski definition) is 5. The number of nitrogens with zero attached hydrogens (tertiary/aromatic N) is 3. The standard InChI is InChI=1S/C18H25ClN4O2S/c1-18(2,3)20-15(24)12-26-17-22-21-16(23(17)10-7-11-25-4)13-8-5-6-9-14(13)19/h5-6,8-9H,7,10-12H2,1-4H3,(H,20,24). The van der Waals surface area contributed by atoms with Crippen molar-refractivity contribution in [2.45, 2.75) is 44.4 Å². The topological polar surface area (TPSA) is 69.0 Å². The highest BCUT2D eigenvalue weighted by Gasteiger charge is 2.19. The maximum atomic E-state index is 12.1. The van der Waals surface area contributed by atoms with Crippen LogP contribution in [-0.4, -0.2) is 45.7 Å². The number of carbonyl (C=O) groups is 1. The summed E-state index contributed by atoms with van der Waals surface area (Å²) in [5, 5.41) is 12.9. The highest BCUT2D eigenvalue weighted by molar-refractivity contribution is 7.99. The van der Waals surface area contributed by atoms with Gasteiger partial charge < -0.3 is 14.6 Å². The van der Waals surface area contributed by atoms with Gasteiger partial charge in [0.25, 0.3) is 0 Å². The van der Waals surface area contributed by atoms with Gasteiger partial charge in [-0.3, -0.25) is 4.79 Å². The number of halogens is 1. The van der Waals surface area contributed by atoms with E-state index >= 15 is 0 Å². The minimum atomic E-state index is -0.257. The molecule has 0 saturated carbocycles. The van der Waals surface area contributed by atoms with Gasteiger partial charge in [-0.15, -0.1) is 10.2 Å². The number of amides is 1. The molecule has 0 saturated heterocycles. The van der Waals surface area contributed by atoms with Gasteiger partial charge in [-0.05, 0) is 39.3 Å². The van der Waals surface area contributed by atoms with Crippen LogP contribution in [0.3, 0.4) is 0 Å². The molecule has 0 bridgehead atoms. The van der Waals surface area contributed by atoms with E-state index in [1.165, 1.54) is 11.8 Å². The van der Waals surface area contributed by atoms with Gasteiger partial charge in [-0.25, -0.2) is 0 Å². The molecular weight excluding hydrogens is 372 g/mol. The van der Waals surface area contributed by atoms with Gasteiger partial charge in [0.15, 0.2) is 11.0 Å². The fourth-order valence-electron chi connectivity index (χ4n) is 2.39. The SMILES string of the molecule is COCCCn1c(SCC(=O)NC(C)(C)C)nnc1-c1ccccc1Cl. The van der Waals surface area contributed by atoms with Crippen molar-refractivity contribution in [3.05, 3.63) is 29.3 Å². The lowest BCUT2D eigenvalue weighted by molar-refractivity contribution is -0.119. The minimum absolute atomic E-state index is 0.0340. The fraction of sp³-hybridized carbons (Fsp3) is 0.500. The molecule has 0 aliphatic carbocycles. The molecule has 1 aromatic carbocycles. The average molecular weight is 397 g/mol. The van der Waals surface area contributed by atoms with Crippen LogP contribution < -0.4 is 5.32 Å². The van der Waals surface area contributed by atoms with E-state index in [-0.39, 0.29) is 17.2 Å². The first-order valence-electron chi connectivity index (χ1n) is 8.42. The Hall–Kier alpha value is -1.57. The smallest absolute Gasteiger partial charge is 0.230 e. The van der Waals surface area contributed by atoms with Crippen molar-refractivity contribution in [3.63, 3.8) is 0 Å². The average Bonchev–Trinajstić information content (AvgIpc) is 2.95. The van der Waals surface area contributed by atoms with E-state index in [9.17, 15) is 4.79 Å². The predicted octanol–water partition coefficient (Wildman–Crippen LogP) is 3.64. The van der Waals surface area contributed by atoms with Crippen molar-refractivity contribution >= 4 is 29.3 Å². The number of methoxy groups -OCH3 is 1. The van der Waals surface area contributed by atoms with Crippen LogP contribution in [-0.2, 0) is 16.1 Å². The Morgan fingerprint density at radius 1 is 1.31 bits per heavy atom. The summed E-state index contributed by atoms with van der Waals surface area (Å²) in [6.07, 6.45) is 0.813. The normalized spacial score (nSPS) is 11.6. The third-order valence-corrected chi connectivity index (χ3v) is 4.70. The van der Waals surface area contributed by atoms with Crippen LogP contribution in [0.15, 0.2) is 29.4 Å². The lowest BCUT2D eigenvalue weighted by Crippen LogP contribution is -2.41. The number of thioether (sulfide) groups is 1. The molecule has 1 N–H and O–H groups in total. The van der Waals surface area contributed by atoms with Gasteiger partial charge in [0.05, 0.1) is 10.8 Å². The first-order valence-corrected chi connectivity index (χ1v) is 9.79. The number of aromatic nitrogens is 3. The Balaban J connectivity index is 2.20. The van der Waals surface area contributed by atoms with E-state index in [4.69, 9.17) is 16.3 Å². The van der Waals surface area contributed by atoms with E-state index in [0.717, 1.165) is 12.0 Å². The zero-order valence-corrected chi connectivity index (χ0v) is 17.2. The molecule has 26 heavy (non-hydrogen) atoms. The Morgan fingerprint density at radius 3 is 2.69 bits per heavy atom. The van der Waals surface area contributed by atoms with Gasteiger partial charge in [-0.1, -0.05) is 35.5 Å². The van der Waals surface area contributed by atoms with Crippen LogP contribution in [0, 0.1) is 0 Å². The number of rotatable bonds is 8. The largest absolute Gasteiger partial charge is 0.385 e. The van der Waals surface area contributed by atoms with E-state index in [2.05, 4.69) is 15.5 Å². The summed E-state index contributed by atoms with van der Waals surface area (Å²) in [5.41, 5.74) is 0.567. The Labute approximate surface area is 163 Å². The number of nitrogens with one attached hydrogen (secondary N) is 1. The Morgan fingerprint density at radius 2 is 2.04 bits per heavy atom. The van der Waals surface area contributed by atoms with Crippen LogP contribution in [0.1, 0.15) is 27.2 Å². The zero-order valence-electron chi connectivity index (χ0n) is 15.6. The molecule has 0 spiro atoms. The molecule has 0 aliphatic heterocycles. The summed E-state index contributed by atoms with van der Waals surface area (Å²) in [5.74, 6) is 0.945. The summed E-state index contributed by atoms with van der Waals surface area (Å²) in [4.78, 5) is 12.1. The third kappa shape index (κ3) is 6.00. The van der Waals surface area contributed by atoms with Gasteiger partial charge in [0.2, 0.25) is 5.91 Å². The molecule has 1 heterocycles. The van der Waals surface area contributed by atoms with E-state index in [0.29, 0.717) is 29.2 Å². The minimum Gasteiger partial charge on any atom is -0.385 e. The Bertz CT molecular complexity index is 743. The quantitative estimate of drug-likeness (QED) is 0.545. The maximum absolute atomic E-state index is 12.1. The van der Waals surface area contributed by atoms with Gasteiger partial charge in [-0.2, -0.15) is 0 Å². The molecule has 0 radical (unpaired) electrons. The van der Waals surface area contributed by atoms with Crippen molar-refractivity contribution in [3.8, 4) is 11.4 Å². The van der Waals surface area contributed by atoms with Crippen molar-refractivity contribution in [2.24, 2.45) is 0 Å². The fourth-order valence-corrected chi connectivity index (χ4v) is 3.38. The molecule has 142 valence electrons. The highest BCUT2D eigenvalue weighted by Crippen LogP contribution is 2.29. The van der Waals surface area contributed by atoms with Crippen molar-refractivity contribution in [2.75, 3.05) is 19.5 Å². The lowest BCUT2D eigenvalue weighted by atomic mass is 10.1. The zero-order chi connectivity index (χ0) is 19.2. The molecule has 0 atom stereocenters. The van der Waals surface area contributed by atoms with Crippen LogP contribution in [0.25, 0.3) is 11.4 Å². The van der Waals surface area contributed by atoms with Crippen LogP contribution in [0.4, 0.5) is 0 Å². The van der Waals surface area contributed by atoms with Gasteiger partial charge in [0, 0.05) is 31.4 Å². The van der Waals surface area contributed by atoms with E-state index in [1.54, 1.807) is 7.11 Å². The summed E-state index contributed by atoms with van der Waals surface area (Å²) in [7, 11) is 1.67. The monoisotopic (exact) mass is 396 g/mol. The van der Waals surface area contributed by atoms with E-state index in [1.807, 2.05) is 49.6 Å². The van der Waals surface area contributed by atoms with Crippen molar-refractivity contribution in [1.82, 2.24) is 20.1 Å². The molecule has 2 aromatic rings. The number of carbonyl (C=O) groups excluding carboxylic acids is 1. The molecule has 0 aliphatic rings. The molecule has 0 fully saturated rings. The number of benzene rings is 1. The molecule has 2 rings (SSSR count). The maximum Gasteiger partial charge on any atom is 0.230 e. The molecule has 0 unspecified atom stereocenters. The number of ether oxygens (including phenoxy) is 1. The van der Waals surface area contributed by atoms with Crippen LogP contribution >= 0.6 is 23.4 Å². The second-order valence-corrected chi connectivity index (χ2v) is 8.22. The van der Waals surface area contributed by atoms with Crippen molar-refractivity contribution in [1.29, 1.82) is 0 Å².